The normalized spacial score (nSPS) is 16.6. The Morgan fingerprint density at radius 3 is 2.41 bits per heavy atom. The van der Waals surface area contributed by atoms with Gasteiger partial charge in [-0.15, -0.1) is 12.4 Å². The molecule has 6 rings (SSSR count). The lowest BCUT2D eigenvalue weighted by molar-refractivity contribution is 0.532. The fourth-order valence-corrected chi connectivity index (χ4v) is 6.53. The van der Waals surface area contributed by atoms with E-state index in [1.165, 1.54) is 12.8 Å². The highest BCUT2D eigenvalue weighted by molar-refractivity contribution is 7.91. The summed E-state index contributed by atoms with van der Waals surface area (Å²) in [6.45, 7) is 3.78. The Morgan fingerprint density at radius 2 is 1.70 bits per heavy atom. The van der Waals surface area contributed by atoms with Gasteiger partial charge >= 0.3 is 0 Å². The molecule has 0 radical (unpaired) electrons. The van der Waals surface area contributed by atoms with Crippen LogP contribution in [-0.2, 0) is 9.84 Å². The number of piperazine rings is 1. The molecule has 1 aliphatic carbocycles. The largest absolute Gasteiger partial charge is 0.368 e. The van der Waals surface area contributed by atoms with Crippen LogP contribution in [0.3, 0.4) is 0 Å². The Balaban J connectivity index is 0.00000280. The van der Waals surface area contributed by atoms with Gasteiger partial charge in [-0.25, -0.2) is 13.4 Å². The fraction of sp³-hybridized carbons (Fsp3) is 0.346. The number of rotatable bonds is 6. The smallest absolute Gasteiger partial charge is 0.231 e. The molecule has 37 heavy (non-hydrogen) atoms. The predicted molar refractivity (Wildman–Crippen MR) is 147 cm³/mol. The molecule has 4 heterocycles. The third-order valence-corrected chi connectivity index (χ3v) is 8.75. The number of hydrogen-bond donors (Lipinski definition) is 2. The Bertz CT molecular complexity index is 1460. The number of nitrogens with one attached hydrogen (secondary N) is 2. The molecular weight excluding hydrogens is 510 g/mol. The van der Waals surface area contributed by atoms with Crippen LogP contribution in [0.5, 0.6) is 0 Å². The van der Waals surface area contributed by atoms with Crippen LogP contribution in [0.15, 0.2) is 70.8 Å². The van der Waals surface area contributed by atoms with E-state index in [0.29, 0.717) is 22.9 Å². The van der Waals surface area contributed by atoms with Gasteiger partial charge < -0.3 is 20.1 Å². The van der Waals surface area contributed by atoms with Crippen molar-refractivity contribution in [1.29, 1.82) is 0 Å². The summed E-state index contributed by atoms with van der Waals surface area (Å²) in [6, 6.07) is 14.5. The second-order valence-corrected chi connectivity index (χ2v) is 11.2. The van der Waals surface area contributed by atoms with Crippen molar-refractivity contribution in [2.24, 2.45) is 0 Å². The highest BCUT2D eigenvalue weighted by atomic mass is 35.5. The molecule has 0 bridgehead atoms. The third kappa shape index (κ3) is 5.01. The van der Waals surface area contributed by atoms with E-state index in [4.69, 9.17) is 4.98 Å². The highest BCUT2D eigenvalue weighted by Gasteiger charge is 2.27. The molecule has 1 aliphatic heterocycles. The van der Waals surface area contributed by atoms with Gasteiger partial charge in [-0.3, -0.25) is 0 Å². The van der Waals surface area contributed by atoms with E-state index in [9.17, 15) is 8.42 Å². The molecule has 0 spiro atoms. The molecule has 0 unspecified atom stereocenters. The summed E-state index contributed by atoms with van der Waals surface area (Å²) in [5, 5.41) is 7.06. The van der Waals surface area contributed by atoms with Crippen LogP contribution >= 0.6 is 12.4 Å². The van der Waals surface area contributed by atoms with Crippen molar-refractivity contribution < 1.29 is 8.42 Å². The fourth-order valence-electron chi connectivity index (χ4n) is 5.14. The lowest BCUT2D eigenvalue weighted by atomic mass is 10.2. The van der Waals surface area contributed by atoms with Crippen LogP contribution in [0.1, 0.15) is 31.7 Å². The second kappa shape index (κ2) is 10.6. The van der Waals surface area contributed by atoms with E-state index in [1.807, 2.05) is 30.6 Å². The van der Waals surface area contributed by atoms with Crippen molar-refractivity contribution in [3.05, 3.63) is 60.9 Å². The number of benzene rings is 1. The van der Waals surface area contributed by atoms with Gasteiger partial charge in [0.05, 0.1) is 22.2 Å². The van der Waals surface area contributed by atoms with Gasteiger partial charge in [-0.1, -0.05) is 31.0 Å². The number of nitrogens with zero attached hydrogens (tertiary/aromatic N) is 5. The predicted octanol–water partition coefficient (Wildman–Crippen LogP) is 4.35. The molecule has 2 aliphatic rings. The second-order valence-electron chi connectivity index (χ2n) is 9.33. The summed E-state index contributed by atoms with van der Waals surface area (Å²) >= 11 is 0. The number of halogens is 1. The molecule has 11 heteroatoms. The van der Waals surface area contributed by atoms with Gasteiger partial charge in [0, 0.05) is 38.4 Å². The van der Waals surface area contributed by atoms with Gasteiger partial charge in [0.25, 0.3) is 0 Å². The highest BCUT2D eigenvalue weighted by Crippen LogP contribution is 2.35. The van der Waals surface area contributed by atoms with Crippen molar-refractivity contribution in [1.82, 2.24) is 24.8 Å². The number of fused-ring (bicyclic) bond motifs is 1. The first-order chi connectivity index (χ1) is 17.6. The van der Waals surface area contributed by atoms with E-state index >= 15 is 0 Å². The van der Waals surface area contributed by atoms with Gasteiger partial charge in [0.15, 0.2) is 5.03 Å². The van der Waals surface area contributed by atoms with Crippen molar-refractivity contribution in [2.45, 2.75) is 41.6 Å². The summed E-state index contributed by atoms with van der Waals surface area (Å²) in [6.07, 6.45) is 8.23. The lowest BCUT2D eigenvalue weighted by Gasteiger charge is -2.29. The molecular formula is C26H30ClN7O2S. The molecule has 194 valence electrons. The molecule has 3 aromatic heterocycles. The number of sulfone groups is 1. The SMILES string of the molecule is Cl.O=S(=O)(c1ccccc1)c1nc(Nc2ccc(N3CCNCC3)cn2)nc2c1ccn2C1CCCC1. The van der Waals surface area contributed by atoms with E-state index in [1.54, 1.807) is 30.3 Å². The average Bonchev–Trinajstić information content (AvgIpc) is 3.60. The van der Waals surface area contributed by atoms with E-state index in [0.717, 1.165) is 44.7 Å². The number of anilines is 3. The van der Waals surface area contributed by atoms with Gasteiger partial charge in [0.2, 0.25) is 15.8 Å². The maximum absolute atomic E-state index is 13.6. The minimum atomic E-state index is -3.85. The zero-order valence-corrected chi connectivity index (χ0v) is 22.0. The Morgan fingerprint density at radius 1 is 0.946 bits per heavy atom. The first-order valence-corrected chi connectivity index (χ1v) is 14.0. The van der Waals surface area contributed by atoms with Crippen LogP contribution in [0.4, 0.5) is 17.5 Å². The van der Waals surface area contributed by atoms with Crippen LogP contribution in [0, 0.1) is 0 Å². The minimum absolute atomic E-state index is 0. The summed E-state index contributed by atoms with van der Waals surface area (Å²) in [5.41, 5.74) is 1.69. The molecule has 1 saturated heterocycles. The standard InChI is InChI=1S/C26H29N7O2S.ClH/c34-36(35,21-8-2-1-3-9-21)25-22-12-15-33(19-6-4-5-7-19)24(22)30-26(31-25)29-23-11-10-20(18-28-23)32-16-13-27-14-17-32;/h1-3,8-12,15,18-19,27H,4-7,13-14,16-17H2,(H,28,29,30,31);1H. The van der Waals surface area contributed by atoms with Crippen molar-refractivity contribution in [3.8, 4) is 0 Å². The zero-order chi connectivity index (χ0) is 24.5. The lowest BCUT2D eigenvalue weighted by Crippen LogP contribution is -2.43. The minimum Gasteiger partial charge on any atom is -0.368 e. The maximum atomic E-state index is 13.6. The van der Waals surface area contributed by atoms with Gasteiger partial charge in [-0.05, 0) is 43.2 Å². The molecule has 1 aromatic carbocycles. The Hall–Kier alpha value is -3.21. The van der Waals surface area contributed by atoms with Crippen LogP contribution < -0.4 is 15.5 Å². The molecule has 9 nitrogen and oxygen atoms in total. The van der Waals surface area contributed by atoms with Crippen molar-refractivity contribution in [2.75, 3.05) is 36.4 Å². The van der Waals surface area contributed by atoms with E-state index < -0.39 is 9.84 Å². The number of hydrogen-bond acceptors (Lipinski definition) is 8. The molecule has 4 aromatic rings. The van der Waals surface area contributed by atoms with Crippen molar-refractivity contribution in [3.63, 3.8) is 0 Å². The van der Waals surface area contributed by atoms with Gasteiger partial charge in [-0.2, -0.15) is 9.97 Å². The monoisotopic (exact) mass is 539 g/mol. The first kappa shape index (κ1) is 25.4. The van der Waals surface area contributed by atoms with Crippen LogP contribution in [0.25, 0.3) is 11.0 Å². The Kier molecular flexibility index (Phi) is 7.32. The molecule has 2 fully saturated rings. The van der Waals surface area contributed by atoms with E-state index in [-0.39, 0.29) is 28.3 Å². The quantitative estimate of drug-likeness (QED) is 0.348. The molecule has 0 amide bonds. The summed E-state index contributed by atoms with van der Waals surface area (Å²) in [7, 11) is -3.85. The number of aromatic nitrogens is 4. The topological polar surface area (TPSA) is 105 Å². The van der Waals surface area contributed by atoms with Crippen LogP contribution in [-0.4, -0.2) is 54.1 Å². The first-order valence-electron chi connectivity index (χ1n) is 12.5. The van der Waals surface area contributed by atoms with Gasteiger partial charge in [0.1, 0.15) is 11.5 Å². The van der Waals surface area contributed by atoms with E-state index in [2.05, 4.69) is 30.1 Å². The summed E-state index contributed by atoms with van der Waals surface area (Å²) < 4.78 is 29.4. The van der Waals surface area contributed by atoms with Crippen LogP contribution in [0.2, 0.25) is 0 Å². The average molecular weight is 540 g/mol. The molecule has 2 N–H and O–H groups in total. The Labute approximate surface area is 222 Å². The summed E-state index contributed by atoms with van der Waals surface area (Å²) in [4.78, 5) is 16.3. The zero-order valence-electron chi connectivity index (χ0n) is 20.4. The molecule has 1 saturated carbocycles. The summed E-state index contributed by atoms with van der Waals surface area (Å²) in [5.74, 6) is 0.785. The van der Waals surface area contributed by atoms with Crippen molar-refractivity contribution >= 4 is 50.7 Å². The maximum Gasteiger partial charge on any atom is 0.231 e. The molecule has 0 atom stereocenters. The third-order valence-electron chi connectivity index (χ3n) is 7.03. The number of pyridine rings is 1.